The lowest BCUT2D eigenvalue weighted by Gasteiger charge is -2.20. The van der Waals surface area contributed by atoms with Crippen LogP contribution in [0.25, 0.3) is 0 Å². The number of pyridine rings is 2. The van der Waals surface area contributed by atoms with Gasteiger partial charge in [0, 0.05) is 50.2 Å². The van der Waals surface area contributed by atoms with Gasteiger partial charge < -0.3 is 26.2 Å². The monoisotopic (exact) mass is 495 g/mol. The molecule has 36 heavy (non-hydrogen) atoms. The van der Waals surface area contributed by atoms with Gasteiger partial charge in [-0.25, -0.2) is 18.7 Å². The van der Waals surface area contributed by atoms with Gasteiger partial charge in [0.15, 0.2) is 0 Å². The van der Waals surface area contributed by atoms with Crippen LogP contribution in [0.3, 0.4) is 0 Å². The molecule has 2 amide bonds. The zero-order valence-electron chi connectivity index (χ0n) is 19.8. The smallest absolute Gasteiger partial charge is 0.255 e. The van der Waals surface area contributed by atoms with Gasteiger partial charge in [-0.3, -0.25) is 9.59 Å². The molecule has 1 saturated heterocycles. The summed E-state index contributed by atoms with van der Waals surface area (Å²) in [5, 5.41) is 5.85. The molecule has 3 aromatic rings. The molecule has 0 unspecified atom stereocenters. The second kappa shape index (κ2) is 11.1. The van der Waals surface area contributed by atoms with Crippen LogP contribution in [0.5, 0.6) is 0 Å². The lowest BCUT2D eigenvalue weighted by atomic mass is 10.1. The summed E-state index contributed by atoms with van der Waals surface area (Å²) in [6, 6.07) is 8.41. The topological polar surface area (TPSA) is 116 Å². The van der Waals surface area contributed by atoms with E-state index in [0.717, 1.165) is 31.6 Å². The number of nitrogens with one attached hydrogen (secondary N) is 2. The van der Waals surface area contributed by atoms with Gasteiger partial charge in [-0.1, -0.05) is 6.07 Å². The quantitative estimate of drug-likeness (QED) is 0.461. The number of carbonyl (C=O) groups is 2. The average Bonchev–Trinajstić information content (AvgIpc) is 3.08. The minimum Gasteiger partial charge on any atom is -0.380 e. The second-order valence-corrected chi connectivity index (χ2v) is 8.54. The minimum absolute atomic E-state index is 0.0642. The number of aromatic nitrogens is 2. The molecular formula is C25H27F2N7O2. The predicted octanol–water partition coefficient (Wildman–Crippen LogP) is 2.99. The molecule has 9 nitrogen and oxygen atoms in total. The Morgan fingerprint density at radius 1 is 1.00 bits per heavy atom. The van der Waals surface area contributed by atoms with Crippen molar-refractivity contribution in [1.29, 1.82) is 0 Å². The summed E-state index contributed by atoms with van der Waals surface area (Å²) in [7, 11) is 2.04. The summed E-state index contributed by atoms with van der Waals surface area (Å²) in [6.07, 6.45) is 3.68. The highest BCUT2D eigenvalue weighted by Gasteiger charge is 2.19. The maximum Gasteiger partial charge on any atom is 0.255 e. The van der Waals surface area contributed by atoms with Crippen LogP contribution in [0.15, 0.2) is 48.8 Å². The molecule has 0 spiro atoms. The van der Waals surface area contributed by atoms with Crippen molar-refractivity contribution >= 4 is 29.1 Å². The molecule has 0 bridgehead atoms. The molecule has 1 fully saturated rings. The fourth-order valence-electron chi connectivity index (χ4n) is 3.91. The fourth-order valence-corrected chi connectivity index (χ4v) is 3.91. The van der Waals surface area contributed by atoms with Crippen molar-refractivity contribution < 1.29 is 18.4 Å². The predicted molar refractivity (Wildman–Crippen MR) is 132 cm³/mol. The first kappa shape index (κ1) is 25.0. The van der Waals surface area contributed by atoms with Crippen LogP contribution in [-0.4, -0.2) is 64.8 Å². The summed E-state index contributed by atoms with van der Waals surface area (Å²) in [4.78, 5) is 37.2. The molecule has 1 aromatic carbocycles. The summed E-state index contributed by atoms with van der Waals surface area (Å²) in [5.74, 6) is -1.49. The molecule has 11 heteroatoms. The van der Waals surface area contributed by atoms with E-state index >= 15 is 0 Å². The van der Waals surface area contributed by atoms with Crippen LogP contribution in [0.1, 0.15) is 32.7 Å². The third-order valence-electron chi connectivity index (χ3n) is 5.96. The molecule has 4 N–H and O–H groups in total. The number of hydrogen-bond donors (Lipinski definition) is 3. The molecule has 0 aliphatic carbocycles. The van der Waals surface area contributed by atoms with Crippen molar-refractivity contribution in [1.82, 2.24) is 19.8 Å². The number of nitrogens with zero attached hydrogens (tertiary/aromatic N) is 4. The zero-order chi connectivity index (χ0) is 25.7. The van der Waals surface area contributed by atoms with E-state index in [1.807, 2.05) is 11.9 Å². The molecule has 4 rings (SSSR count). The number of anilines is 3. The molecule has 1 aliphatic heterocycles. The Bertz CT molecular complexity index is 1230. The Hall–Kier alpha value is -4.12. The summed E-state index contributed by atoms with van der Waals surface area (Å²) < 4.78 is 28.0. The Morgan fingerprint density at radius 2 is 1.75 bits per heavy atom. The van der Waals surface area contributed by atoms with Crippen LogP contribution < -0.4 is 16.4 Å². The van der Waals surface area contributed by atoms with Crippen molar-refractivity contribution in [3.63, 3.8) is 0 Å². The maximum absolute atomic E-state index is 14.0. The fraction of sp³-hybridized carbons (Fsp3) is 0.280. The van der Waals surface area contributed by atoms with E-state index in [1.165, 1.54) is 24.5 Å². The third-order valence-corrected chi connectivity index (χ3v) is 5.96. The van der Waals surface area contributed by atoms with Crippen LogP contribution in [0.4, 0.5) is 26.1 Å². The van der Waals surface area contributed by atoms with E-state index < -0.39 is 17.5 Å². The standard InChI is InChI=1S/C25H27F2N7O2/c1-33-8-3-9-34(11-10-33)25(36)16-6-7-22(30-13-16)32-23-12-21(18(15-31-23)24(28)35)29-14-17-19(26)4-2-5-20(17)27/h2,4-7,12-13,15H,3,8-11,14H2,1H3,(H2,28,35)(H2,29,30,31,32). The Labute approximate surface area is 207 Å². The number of halogens is 2. The summed E-state index contributed by atoms with van der Waals surface area (Å²) in [5.41, 5.74) is 6.06. The van der Waals surface area contributed by atoms with Gasteiger partial charge >= 0.3 is 0 Å². The molecule has 0 saturated carbocycles. The van der Waals surface area contributed by atoms with Crippen molar-refractivity contribution in [3.8, 4) is 0 Å². The van der Waals surface area contributed by atoms with E-state index in [0.29, 0.717) is 30.3 Å². The van der Waals surface area contributed by atoms with E-state index in [2.05, 4.69) is 25.5 Å². The van der Waals surface area contributed by atoms with Crippen molar-refractivity contribution in [2.45, 2.75) is 13.0 Å². The summed E-state index contributed by atoms with van der Waals surface area (Å²) in [6.45, 7) is 2.94. The second-order valence-electron chi connectivity index (χ2n) is 8.54. The number of hydrogen-bond acceptors (Lipinski definition) is 7. The van der Waals surface area contributed by atoms with Gasteiger partial charge in [0.25, 0.3) is 11.8 Å². The van der Waals surface area contributed by atoms with Crippen molar-refractivity contribution in [2.24, 2.45) is 5.73 Å². The number of benzene rings is 1. The molecule has 1 aliphatic rings. The lowest BCUT2D eigenvalue weighted by molar-refractivity contribution is 0.0762. The number of amides is 2. The zero-order valence-corrected chi connectivity index (χ0v) is 19.8. The highest BCUT2D eigenvalue weighted by Crippen LogP contribution is 2.23. The number of likely N-dealkylation sites (N-methyl/N-ethyl adjacent to an activating group) is 1. The normalized spacial score (nSPS) is 14.2. The highest BCUT2D eigenvalue weighted by atomic mass is 19.1. The first-order valence-corrected chi connectivity index (χ1v) is 11.5. The minimum atomic E-state index is -0.744. The van der Waals surface area contributed by atoms with Gasteiger partial charge in [-0.15, -0.1) is 0 Å². The van der Waals surface area contributed by atoms with Gasteiger partial charge in [-0.05, 0) is 44.3 Å². The number of primary amides is 1. The van der Waals surface area contributed by atoms with Crippen LogP contribution in [0.2, 0.25) is 0 Å². The van der Waals surface area contributed by atoms with Crippen molar-refractivity contribution in [2.75, 3.05) is 43.9 Å². The van der Waals surface area contributed by atoms with E-state index in [1.54, 1.807) is 12.1 Å². The van der Waals surface area contributed by atoms with Gasteiger partial charge in [0.1, 0.15) is 23.3 Å². The van der Waals surface area contributed by atoms with Crippen molar-refractivity contribution in [3.05, 3.63) is 77.1 Å². The van der Waals surface area contributed by atoms with E-state index in [9.17, 15) is 18.4 Å². The first-order chi connectivity index (χ1) is 17.3. The number of carbonyl (C=O) groups excluding carboxylic acids is 2. The van der Waals surface area contributed by atoms with Gasteiger partial charge in [0.2, 0.25) is 0 Å². The summed E-state index contributed by atoms with van der Waals surface area (Å²) >= 11 is 0. The molecule has 3 heterocycles. The molecule has 2 aromatic heterocycles. The number of nitrogens with two attached hydrogens (primary N) is 1. The van der Waals surface area contributed by atoms with Gasteiger partial charge in [0.05, 0.1) is 16.8 Å². The Balaban J connectivity index is 1.47. The number of rotatable bonds is 7. The molecule has 188 valence electrons. The maximum atomic E-state index is 14.0. The first-order valence-electron chi connectivity index (χ1n) is 11.5. The van der Waals surface area contributed by atoms with E-state index in [-0.39, 0.29) is 29.3 Å². The third kappa shape index (κ3) is 5.92. The SMILES string of the molecule is CN1CCCN(C(=O)c2ccc(Nc3cc(NCc4c(F)cccc4F)c(C(N)=O)cn3)nc2)CC1. The Morgan fingerprint density at radius 3 is 2.44 bits per heavy atom. The molecular weight excluding hydrogens is 468 g/mol. The van der Waals surface area contributed by atoms with Crippen LogP contribution in [-0.2, 0) is 6.54 Å². The Kier molecular flexibility index (Phi) is 7.69. The lowest BCUT2D eigenvalue weighted by Crippen LogP contribution is -2.34. The largest absolute Gasteiger partial charge is 0.380 e. The highest BCUT2D eigenvalue weighted by molar-refractivity contribution is 5.98. The average molecular weight is 496 g/mol. The van der Waals surface area contributed by atoms with E-state index in [4.69, 9.17) is 5.73 Å². The van der Waals surface area contributed by atoms with Crippen LogP contribution >= 0.6 is 0 Å². The molecule has 0 atom stereocenters. The molecule has 0 radical (unpaired) electrons. The van der Waals surface area contributed by atoms with Crippen LogP contribution in [0, 0.1) is 11.6 Å². The van der Waals surface area contributed by atoms with Gasteiger partial charge in [-0.2, -0.15) is 0 Å².